The number of aromatic hydroxyl groups is 1. The normalized spacial score (nSPS) is 18.1. The van der Waals surface area contributed by atoms with Gasteiger partial charge in [-0.05, 0) is 63.6 Å². The van der Waals surface area contributed by atoms with Crippen molar-refractivity contribution in [2.75, 3.05) is 6.61 Å². The van der Waals surface area contributed by atoms with Gasteiger partial charge in [-0.1, -0.05) is 31.4 Å². The number of unbranched alkanes of at least 4 members (excludes halogenated alkanes) is 2. The number of allylic oxidation sites excluding steroid dienone is 2. The highest BCUT2D eigenvalue weighted by molar-refractivity contribution is 5.51. The van der Waals surface area contributed by atoms with Gasteiger partial charge in [0.05, 0.1) is 6.61 Å². The summed E-state index contributed by atoms with van der Waals surface area (Å²) in [5, 5.41) is 10.6. The first-order valence-corrected chi connectivity index (χ1v) is 8.81. The molecule has 0 spiro atoms. The Morgan fingerprint density at radius 1 is 1.23 bits per heavy atom. The van der Waals surface area contributed by atoms with Crippen molar-refractivity contribution < 1.29 is 9.84 Å². The Balaban J connectivity index is 2.29. The van der Waals surface area contributed by atoms with Gasteiger partial charge in [-0.3, -0.25) is 0 Å². The Morgan fingerprint density at radius 3 is 2.73 bits per heavy atom. The van der Waals surface area contributed by atoms with E-state index in [4.69, 9.17) is 4.74 Å². The molecule has 2 nitrogen and oxygen atoms in total. The van der Waals surface area contributed by atoms with E-state index in [2.05, 4.69) is 26.0 Å². The number of rotatable bonds is 7. The third kappa shape index (κ3) is 4.28. The first-order chi connectivity index (χ1) is 10.7. The largest absolute Gasteiger partial charge is 0.507 e. The maximum Gasteiger partial charge on any atom is 0.127 e. The van der Waals surface area contributed by atoms with Crippen molar-refractivity contribution >= 4 is 0 Å². The average molecular weight is 302 g/mol. The molecule has 2 heteroatoms. The van der Waals surface area contributed by atoms with E-state index >= 15 is 0 Å². The van der Waals surface area contributed by atoms with E-state index in [1.807, 2.05) is 13.0 Å². The first-order valence-electron chi connectivity index (χ1n) is 8.81. The number of benzene rings is 1. The van der Waals surface area contributed by atoms with E-state index in [9.17, 15) is 5.11 Å². The maximum absolute atomic E-state index is 10.6. The highest BCUT2D eigenvalue weighted by Gasteiger charge is 2.22. The molecule has 2 rings (SSSR count). The van der Waals surface area contributed by atoms with Gasteiger partial charge < -0.3 is 9.84 Å². The van der Waals surface area contributed by atoms with Gasteiger partial charge in [0.15, 0.2) is 0 Å². The summed E-state index contributed by atoms with van der Waals surface area (Å²) in [5.74, 6) is 1.58. The number of hydrogen-bond donors (Lipinski definition) is 1. The zero-order valence-electron chi connectivity index (χ0n) is 14.3. The molecule has 22 heavy (non-hydrogen) atoms. The SMILES string of the molecule is CCCCCc1cc(O)c(C2C=C(C)CCC2)c(OCC)c1. The highest BCUT2D eigenvalue weighted by Crippen LogP contribution is 2.42. The molecule has 1 N–H and O–H groups in total. The summed E-state index contributed by atoms with van der Waals surface area (Å²) in [6.07, 6.45) is 10.4. The van der Waals surface area contributed by atoms with Crippen LogP contribution in [0.2, 0.25) is 0 Å². The van der Waals surface area contributed by atoms with Gasteiger partial charge in [0.25, 0.3) is 0 Å². The van der Waals surface area contributed by atoms with E-state index in [0.717, 1.165) is 24.2 Å². The van der Waals surface area contributed by atoms with Gasteiger partial charge in [0, 0.05) is 11.5 Å². The third-order valence-corrected chi connectivity index (χ3v) is 4.49. The van der Waals surface area contributed by atoms with Gasteiger partial charge in [-0.25, -0.2) is 0 Å². The second-order valence-corrected chi connectivity index (χ2v) is 6.43. The summed E-state index contributed by atoms with van der Waals surface area (Å²) in [7, 11) is 0. The molecule has 0 bridgehead atoms. The van der Waals surface area contributed by atoms with Gasteiger partial charge >= 0.3 is 0 Å². The second kappa shape index (κ2) is 8.26. The standard InChI is InChI=1S/C20H30O2/c1-4-6-7-10-16-13-18(21)20(19(14-16)22-5-2)17-11-8-9-15(3)12-17/h12-14,17,21H,4-11H2,1-3H3. The van der Waals surface area contributed by atoms with E-state index < -0.39 is 0 Å². The Bertz CT molecular complexity index is 517. The van der Waals surface area contributed by atoms with Crippen LogP contribution in [-0.4, -0.2) is 11.7 Å². The Morgan fingerprint density at radius 2 is 2.05 bits per heavy atom. The molecule has 122 valence electrons. The molecule has 1 aromatic carbocycles. The molecule has 0 heterocycles. The molecule has 0 aromatic heterocycles. The number of aryl methyl sites for hydroxylation is 1. The molecule has 1 atom stereocenters. The molecule has 0 fully saturated rings. The molecule has 0 amide bonds. The third-order valence-electron chi connectivity index (χ3n) is 4.49. The van der Waals surface area contributed by atoms with Crippen molar-refractivity contribution in [2.24, 2.45) is 0 Å². The minimum Gasteiger partial charge on any atom is -0.507 e. The molecule has 0 saturated heterocycles. The lowest BCUT2D eigenvalue weighted by Gasteiger charge is -2.24. The van der Waals surface area contributed by atoms with Crippen molar-refractivity contribution in [3.8, 4) is 11.5 Å². The molecule has 0 radical (unpaired) electrons. The monoisotopic (exact) mass is 302 g/mol. The van der Waals surface area contributed by atoms with Crippen LogP contribution in [0.3, 0.4) is 0 Å². The van der Waals surface area contributed by atoms with E-state index in [1.54, 1.807) is 0 Å². The molecule has 1 aliphatic carbocycles. The van der Waals surface area contributed by atoms with Crippen molar-refractivity contribution in [1.82, 2.24) is 0 Å². The summed E-state index contributed by atoms with van der Waals surface area (Å²) in [4.78, 5) is 0. The van der Waals surface area contributed by atoms with E-state index in [1.165, 1.54) is 43.2 Å². The van der Waals surface area contributed by atoms with Crippen molar-refractivity contribution in [2.45, 2.75) is 71.6 Å². The molecule has 1 aliphatic rings. The van der Waals surface area contributed by atoms with Crippen molar-refractivity contribution in [1.29, 1.82) is 0 Å². The summed E-state index contributed by atoms with van der Waals surface area (Å²) >= 11 is 0. The maximum atomic E-state index is 10.6. The smallest absolute Gasteiger partial charge is 0.127 e. The predicted octanol–water partition coefficient (Wildman–Crippen LogP) is 5.74. The lowest BCUT2D eigenvalue weighted by molar-refractivity contribution is 0.329. The van der Waals surface area contributed by atoms with Gasteiger partial charge in [0.2, 0.25) is 0 Å². The summed E-state index contributed by atoms with van der Waals surface area (Å²) in [6.45, 7) is 7.04. The minimum absolute atomic E-state index is 0.292. The number of ether oxygens (including phenoxy) is 1. The van der Waals surface area contributed by atoms with Gasteiger partial charge in [-0.15, -0.1) is 0 Å². The Labute approximate surface area is 135 Å². The van der Waals surface area contributed by atoms with Gasteiger partial charge in [-0.2, -0.15) is 0 Å². The molecule has 0 saturated carbocycles. The van der Waals surface area contributed by atoms with E-state index in [-0.39, 0.29) is 0 Å². The van der Waals surface area contributed by atoms with Crippen LogP contribution in [0.4, 0.5) is 0 Å². The summed E-state index contributed by atoms with van der Waals surface area (Å²) in [6, 6.07) is 4.09. The lowest BCUT2D eigenvalue weighted by Crippen LogP contribution is -2.06. The lowest BCUT2D eigenvalue weighted by atomic mass is 9.84. The van der Waals surface area contributed by atoms with Crippen molar-refractivity contribution in [3.05, 3.63) is 34.9 Å². The van der Waals surface area contributed by atoms with Crippen LogP contribution < -0.4 is 4.74 Å². The fourth-order valence-electron chi connectivity index (χ4n) is 3.38. The highest BCUT2D eigenvalue weighted by atomic mass is 16.5. The fraction of sp³-hybridized carbons (Fsp3) is 0.600. The quantitative estimate of drug-likeness (QED) is 0.514. The second-order valence-electron chi connectivity index (χ2n) is 6.43. The van der Waals surface area contributed by atoms with Gasteiger partial charge in [0.1, 0.15) is 11.5 Å². The van der Waals surface area contributed by atoms with Crippen LogP contribution in [-0.2, 0) is 6.42 Å². The van der Waals surface area contributed by atoms with Crippen LogP contribution in [0, 0.1) is 0 Å². The van der Waals surface area contributed by atoms with Crippen LogP contribution in [0.25, 0.3) is 0 Å². The summed E-state index contributed by atoms with van der Waals surface area (Å²) < 4.78 is 5.86. The van der Waals surface area contributed by atoms with Crippen LogP contribution in [0.1, 0.15) is 76.3 Å². The molecular formula is C20H30O2. The van der Waals surface area contributed by atoms with Crippen LogP contribution >= 0.6 is 0 Å². The van der Waals surface area contributed by atoms with Crippen molar-refractivity contribution in [3.63, 3.8) is 0 Å². The zero-order valence-corrected chi connectivity index (χ0v) is 14.3. The molecule has 1 aromatic rings. The molecule has 1 unspecified atom stereocenters. The Kier molecular flexibility index (Phi) is 6.35. The molecular weight excluding hydrogens is 272 g/mol. The van der Waals surface area contributed by atoms with Crippen LogP contribution in [0.5, 0.6) is 11.5 Å². The first kappa shape index (κ1) is 16.9. The number of phenolic OH excluding ortho intramolecular Hbond substituents is 1. The molecule has 0 aliphatic heterocycles. The Hall–Kier alpha value is -1.44. The average Bonchev–Trinajstić information content (AvgIpc) is 2.47. The van der Waals surface area contributed by atoms with E-state index in [0.29, 0.717) is 18.3 Å². The minimum atomic E-state index is 0.292. The predicted molar refractivity (Wildman–Crippen MR) is 92.9 cm³/mol. The van der Waals surface area contributed by atoms with Crippen LogP contribution in [0.15, 0.2) is 23.8 Å². The zero-order chi connectivity index (χ0) is 15.9. The number of hydrogen-bond acceptors (Lipinski definition) is 2. The summed E-state index contributed by atoms with van der Waals surface area (Å²) in [5.41, 5.74) is 3.60. The topological polar surface area (TPSA) is 29.5 Å². The number of phenols is 1. The fourth-order valence-corrected chi connectivity index (χ4v) is 3.38.